The minimum Gasteiger partial charge on any atom is -0.473 e. The van der Waals surface area contributed by atoms with Crippen molar-refractivity contribution < 1.29 is 28.5 Å². The number of nitrogens with zero attached hydrogens (tertiary/aromatic N) is 2. The van der Waals surface area contributed by atoms with Crippen molar-refractivity contribution in [2.75, 3.05) is 33.1 Å². The summed E-state index contributed by atoms with van der Waals surface area (Å²) in [7, 11) is 0. The number of nitrogens with one attached hydrogen (secondary N) is 1. The molecule has 0 bridgehead atoms. The number of morpholine rings is 1. The number of amides is 2. The molecule has 9 heteroatoms. The van der Waals surface area contributed by atoms with Crippen molar-refractivity contribution in [3.8, 4) is 17.4 Å². The fourth-order valence-corrected chi connectivity index (χ4v) is 3.31. The second kappa shape index (κ2) is 10.1. The molecule has 164 valence electrons. The lowest BCUT2D eigenvalue weighted by Crippen LogP contribution is -2.41. The molecule has 0 saturated carbocycles. The monoisotopic (exact) mass is 427 g/mol. The molecule has 2 aliphatic heterocycles. The van der Waals surface area contributed by atoms with Crippen LogP contribution in [0.4, 0.5) is 0 Å². The van der Waals surface area contributed by atoms with E-state index in [1.807, 2.05) is 24.3 Å². The first-order valence-electron chi connectivity index (χ1n) is 10.3. The molecular weight excluding hydrogens is 402 g/mol. The van der Waals surface area contributed by atoms with Crippen LogP contribution in [0.25, 0.3) is 0 Å². The van der Waals surface area contributed by atoms with Gasteiger partial charge in [0.05, 0.1) is 13.2 Å². The maximum atomic E-state index is 12.1. The Bertz CT molecular complexity index is 929. The summed E-state index contributed by atoms with van der Waals surface area (Å²) in [5, 5.41) is 2.84. The highest BCUT2D eigenvalue weighted by molar-refractivity contribution is 5.83. The predicted molar refractivity (Wildman–Crippen MR) is 110 cm³/mol. The number of hydrogen-bond donors (Lipinski definition) is 1. The largest absolute Gasteiger partial charge is 0.473 e. The van der Waals surface area contributed by atoms with Crippen LogP contribution < -0.4 is 19.5 Å². The molecule has 4 rings (SSSR count). The van der Waals surface area contributed by atoms with Crippen molar-refractivity contribution in [1.82, 2.24) is 15.2 Å². The Hall–Kier alpha value is -3.33. The highest BCUT2D eigenvalue weighted by Crippen LogP contribution is 2.32. The molecule has 2 aromatic rings. The van der Waals surface area contributed by atoms with Gasteiger partial charge in [-0.3, -0.25) is 9.59 Å². The van der Waals surface area contributed by atoms with Crippen LogP contribution in [0.5, 0.6) is 17.4 Å². The average Bonchev–Trinajstić information content (AvgIpc) is 3.28. The Kier molecular flexibility index (Phi) is 6.83. The zero-order valence-electron chi connectivity index (χ0n) is 17.2. The first kappa shape index (κ1) is 20.9. The zero-order valence-corrected chi connectivity index (χ0v) is 17.2. The zero-order chi connectivity index (χ0) is 21.5. The van der Waals surface area contributed by atoms with Crippen LogP contribution in [0.1, 0.15) is 24.0 Å². The number of benzene rings is 1. The Morgan fingerprint density at radius 3 is 2.74 bits per heavy atom. The number of aromatic nitrogens is 1. The van der Waals surface area contributed by atoms with Crippen molar-refractivity contribution in [2.45, 2.75) is 26.0 Å². The van der Waals surface area contributed by atoms with E-state index in [1.54, 1.807) is 17.2 Å². The Labute approximate surface area is 180 Å². The van der Waals surface area contributed by atoms with Gasteiger partial charge < -0.3 is 29.2 Å². The summed E-state index contributed by atoms with van der Waals surface area (Å²) in [6, 6.07) is 9.24. The van der Waals surface area contributed by atoms with Crippen LogP contribution in [0, 0.1) is 0 Å². The first-order valence-corrected chi connectivity index (χ1v) is 10.3. The molecular formula is C22H25N3O6. The van der Waals surface area contributed by atoms with Crippen molar-refractivity contribution in [2.24, 2.45) is 0 Å². The number of pyridine rings is 1. The van der Waals surface area contributed by atoms with Crippen LogP contribution >= 0.6 is 0 Å². The van der Waals surface area contributed by atoms with E-state index < -0.39 is 0 Å². The Morgan fingerprint density at radius 2 is 1.87 bits per heavy atom. The second-order valence-corrected chi connectivity index (χ2v) is 7.25. The van der Waals surface area contributed by atoms with Gasteiger partial charge in [0.2, 0.25) is 24.5 Å². The van der Waals surface area contributed by atoms with Gasteiger partial charge in [0, 0.05) is 44.7 Å². The van der Waals surface area contributed by atoms with E-state index >= 15 is 0 Å². The van der Waals surface area contributed by atoms with E-state index in [2.05, 4.69) is 10.3 Å². The average molecular weight is 427 g/mol. The van der Waals surface area contributed by atoms with E-state index in [4.69, 9.17) is 18.9 Å². The van der Waals surface area contributed by atoms with Crippen molar-refractivity contribution in [1.29, 1.82) is 0 Å². The highest BCUT2D eigenvalue weighted by Gasteiger charge is 2.17. The van der Waals surface area contributed by atoms with Crippen molar-refractivity contribution in [3.63, 3.8) is 0 Å². The van der Waals surface area contributed by atoms with E-state index in [1.165, 1.54) is 0 Å². The smallest absolute Gasteiger partial charge is 0.231 e. The lowest BCUT2D eigenvalue weighted by Gasteiger charge is -2.26. The van der Waals surface area contributed by atoms with Crippen LogP contribution in [0.2, 0.25) is 0 Å². The van der Waals surface area contributed by atoms with Gasteiger partial charge >= 0.3 is 0 Å². The third-order valence-corrected chi connectivity index (χ3v) is 5.04. The highest BCUT2D eigenvalue weighted by atomic mass is 16.7. The molecule has 0 radical (unpaired) electrons. The predicted octanol–water partition coefficient (Wildman–Crippen LogP) is 1.64. The van der Waals surface area contributed by atoms with Gasteiger partial charge in [0.25, 0.3) is 0 Å². The van der Waals surface area contributed by atoms with Crippen molar-refractivity contribution >= 4 is 11.8 Å². The summed E-state index contributed by atoms with van der Waals surface area (Å²) < 4.78 is 21.7. The fourth-order valence-electron chi connectivity index (χ4n) is 3.31. The van der Waals surface area contributed by atoms with Crippen LogP contribution in [0.15, 0.2) is 36.5 Å². The molecule has 3 heterocycles. The topological polar surface area (TPSA) is 99.2 Å². The molecule has 1 aromatic carbocycles. The molecule has 1 aromatic heterocycles. The quantitative estimate of drug-likeness (QED) is 0.684. The Balaban J connectivity index is 1.21. The molecule has 1 saturated heterocycles. The minimum absolute atomic E-state index is 0.0124. The number of carbonyl (C=O) groups is 2. The summed E-state index contributed by atoms with van der Waals surface area (Å²) in [6.45, 7) is 3.20. The van der Waals surface area contributed by atoms with Crippen LogP contribution in [0.3, 0.4) is 0 Å². The summed E-state index contributed by atoms with van der Waals surface area (Å²) in [6.07, 6.45) is 2.00. The third-order valence-electron chi connectivity index (χ3n) is 5.04. The first-order chi connectivity index (χ1) is 15.2. The summed E-state index contributed by atoms with van der Waals surface area (Å²) in [5.74, 6) is 1.72. The number of fused-ring (bicyclic) bond motifs is 1. The van der Waals surface area contributed by atoms with Gasteiger partial charge in [0.1, 0.15) is 6.61 Å². The second-order valence-electron chi connectivity index (χ2n) is 7.25. The summed E-state index contributed by atoms with van der Waals surface area (Å²) in [4.78, 5) is 30.2. The third kappa shape index (κ3) is 5.85. The van der Waals surface area contributed by atoms with Gasteiger partial charge in [-0.2, -0.15) is 0 Å². The van der Waals surface area contributed by atoms with Crippen LogP contribution in [-0.2, 0) is 27.5 Å². The van der Waals surface area contributed by atoms with E-state index in [0.29, 0.717) is 51.1 Å². The summed E-state index contributed by atoms with van der Waals surface area (Å²) in [5.41, 5.74) is 1.80. The minimum atomic E-state index is -0.166. The molecule has 2 aliphatic rings. The van der Waals surface area contributed by atoms with E-state index in [9.17, 15) is 9.59 Å². The SMILES string of the molecule is O=C(CCC(=O)N1CCOCC1)NCc1ccnc(OCc2ccc3c(c2)OCO3)c1. The standard InChI is InChI=1S/C22H25N3O6/c26-20(3-4-22(27)25-7-9-28-10-8-25)24-13-16-5-6-23-21(12-16)29-14-17-1-2-18-19(11-17)31-15-30-18/h1-2,5-6,11-12H,3-4,7-10,13-15H2,(H,24,26). The van der Waals surface area contributed by atoms with E-state index in [0.717, 1.165) is 16.9 Å². The van der Waals surface area contributed by atoms with Gasteiger partial charge in [-0.05, 0) is 29.3 Å². The number of carbonyl (C=O) groups excluding carboxylic acids is 2. The van der Waals surface area contributed by atoms with Gasteiger partial charge in [0.15, 0.2) is 11.5 Å². The van der Waals surface area contributed by atoms with Crippen LogP contribution in [-0.4, -0.2) is 54.8 Å². The molecule has 9 nitrogen and oxygen atoms in total. The molecule has 1 fully saturated rings. The van der Waals surface area contributed by atoms with Gasteiger partial charge in [-0.1, -0.05) is 6.07 Å². The molecule has 0 unspecified atom stereocenters. The number of hydrogen-bond acceptors (Lipinski definition) is 7. The Morgan fingerprint density at radius 1 is 1.03 bits per heavy atom. The van der Waals surface area contributed by atoms with Gasteiger partial charge in [-0.15, -0.1) is 0 Å². The number of ether oxygens (including phenoxy) is 4. The molecule has 0 aliphatic carbocycles. The van der Waals surface area contributed by atoms with E-state index in [-0.39, 0.29) is 31.4 Å². The van der Waals surface area contributed by atoms with Gasteiger partial charge in [-0.25, -0.2) is 4.98 Å². The molecule has 2 amide bonds. The molecule has 31 heavy (non-hydrogen) atoms. The normalized spacial score (nSPS) is 14.9. The number of rotatable bonds is 8. The molecule has 0 spiro atoms. The molecule has 0 atom stereocenters. The summed E-state index contributed by atoms with van der Waals surface area (Å²) >= 11 is 0. The fraction of sp³-hybridized carbons (Fsp3) is 0.409. The maximum absolute atomic E-state index is 12.1. The lowest BCUT2D eigenvalue weighted by atomic mass is 10.2. The maximum Gasteiger partial charge on any atom is 0.231 e. The molecule has 1 N–H and O–H groups in total. The van der Waals surface area contributed by atoms with Crippen molar-refractivity contribution in [3.05, 3.63) is 47.7 Å². The lowest BCUT2D eigenvalue weighted by molar-refractivity contribution is -0.137.